The normalized spacial score (nSPS) is 22.3. The minimum atomic E-state index is -4.22. The number of alkyl halides is 3. The number of urea groups is 1. The Morgan fingerprint density at radius 3 is 2.47 bits per heavy atom. The molecular formula is C27H34F3N5O3. The van der Waals surface area contributed by atoms with Gasteiger partial charge in [0.25, 0.3) is 0 Å². The Labute approximate surface area is 220 Å². The fourth-order valence-corrected chi connectivity index (χ4v) is 5.45. The summed E-state index contributed by atoms with van der Waals surface area (Å²) in [5.41, 5.74) is 3.47. The molecule has 38 heavy (non-hydrogen) atoms. The summed E-state index contributed by atoms with van der Waals surface area (Å²) in [6, 6.07) is 9.30. The molecule has 0 spiro atoms. The molecule has 2 N–H and O–H groups in total. The molecule has 0 saturated carbocycles. The first kappa shape index (κ1) is 26.6. The van der Waals surface area contributed by atoms with Crippen LogP contribution in [0.25, 0.3) is 11.1 Å². The number of morpholine rings is 1. The first-order valence-electron chi connectivity index (χ1n) is 13.2. The van der Waals surface area contributed by atoms with Crippen LogP contribution in [0.2, 0.25) is 0 Å². The molecule has 4 heterocycles. The van der Waals surface area contributed by atoms with Crippen molar-refractivity contribution in [1.82, 2.24) is 9.88 Å². The number of aryl methyl sites for hydroxylation is 1. The Kier molecular flexibility index (Phi) is 7.67. The van der Waals surface area contributed by atoms with Crippen LogP contribution in [0.15, 0.2) is 30.3 Å². The Bertz CT molecular complexity index is 1130. The van der Waals surface area contributed by atoms with E-state index in [1.807, 2.05) is 37.3 Å². The number of aromatic nitrogens is 1. The number of benzene rings is 1. The lowest BCUT2D eigenvalue weighted by Crippen LogP contribution is -2.37. The molecule has 3 fully saturated rings. The monoisotopic (exact) mass is 533 g/mol. The molecule has 206 valence electrons. The van der Waals surface area contributed by atoms with E-state index < -0.39 is 18.5 Å². The summed E-state index contributed by atoms with van der Waals surface area (Å²) in [6.07, 6.45) is -4.43. The number of likely N-dealkylation sites (tertiary alicyclic amines) is 1. The summed E-state index contributed by atoms with van der Waals surface area (Å²) in [4.78, 5) is 23.5. The molecule has 2 amide bonds. The number of halogens is 3. The summed E-state index contributed by atoms with van der Waals surface area (Å²) in [6.45, 7) is 6.38. The first-order chi connectivity index (χ1) is 18.1. The number of aliphatic hydroxyl groups is 1. The third-order valence-electron chi connectivity index (χ3n) is 7.51. The number of anilines is 3. The van der Waals surface area contributed by atoms with Gasteiger partial charge < -0.3 is 29.9 Å². The van der Waals surface area contributed by atoms with Gasteiger partial charge in [0, 0.05) is 51.4 Å². The highest BCUT2D eigenvalue weighted by Crippen LogP contribution is 2.34. The summed E-state index contributed by atoms with van der Waals surface area (Å²) < 4.78 is 43.8. The van der Waals surface area contributed by atoms with Crippen LogP contribution >= 0.6 is 0 Å². The maximum atomic E-state index is 12.9. The van der Waals surface area contributed by atoms with Gasteiger partial charge in [-0.25, -0.2) is 9.78 Å². The molecule has 0 unspecified atom stereocenters. The topological polar surface area (TPSA) is 81.2 Å². The lowest BCUT2D eigenvalue weighted by Gasteiger charge is -2.29. The Hall–Kier alpha value is -3.05. The molecule has 0 aliphatic carbocycles. The second kappa shape index (κ2) is 11.0. The molecule has 2 aromatic rings. The fraction of sp³-hybridized carbons (Fsp3) is 0.556. The van der Waals surface area contributed by atoms with Crippen LogP contribution in [-0.2, 0) is 4.74 Å². The van der Waals surface area contributed by atoms with Crippen molar-refractivity contribution < 1.29 is 27.8 Å². The second-order valence-electron chi connectivity index (χ2n) is 10.4. The van der Waals surface area contributed by atoms with E-state index in [4.69, 9.17) is 9.72 Å². The van der Waals surface area contributed by atoms with Crippen LogP contribution in [0.4, 0.5) is 35.3 Å². The van der Waals surface area contributed by atoms with E-state index in [-0.39, 0.29) is 18.7 Å². The van der Waals surface area contributed by atoms with Gasteiger partial charge in [-0.2, -0.15) is 13.2 Å². The SMILES string of the molecule is Cc1ccc(NC(=O)N2CC[C@@H](CC(F)(F)F)C2)cc1-c1cc(N2CCOCC2)nc(N2CC[C@@H](O)C2)c1. The number of aliphatic hydroxyl groups excluding tert-OH is 1. The van der Waals surface area contributed by atoms with E-state index in [0.29, 0.717) is 44.8 Å². The van der Waals surface area contributed by atoms with E-state index in [2.05, 4.69) is 15.1 Å². The van der Waals surface area contributed by atoms with E-state index in [0.717, 1.165) is 48.0 Å². The average molecular weight is 534 g/mol. The fourth-order valence-electron chi connectivity index (χ4n) is 5.45. The smallest absolute Gasteiger partial charge is 0.389 e. The summed E-state index contributed by atoms with van der Waals surface area (Å²) in [5.74, 6) is 1.07. The highest BCUT2D eigenvalue weighted by molar-refractivity contribution is 5.91. The summed E-state index contributed by atoms with van der Waals surface area (Å²) in [7, 11) is 0. The lowest BCUT2D eigenvalue weighted by atomic mass is 10.00. The number of amides is 2. The zero-order chi connectivity index (χ0) is 26.9. The molecule has 0 bridgehead atoms. The summed E-state index contributed by atoms with van der Waals surface area (Å²) in [5, 5.41) is 13.0. The van der Waals surface area contributed by atoms with Crippen molar-refractivity contribution in [3.05, 3.63) is 35.9 Å². The maximum Gasteiger partial charge on any atom is 0.389 e. The van der Waals surface area contributed by atoms with Crippen LogP contribution in [0.5, 0.6) is 0 Å². The predicted octanol–water partition coefficient (Wildman–Crippen LogP) is 4.27. The van der Waals surface area contributed by atoms with Gasteiger partial charge in [0.15, 0.2) is 0 Å². The van der Waals surface area contributed by atoms with Crippen LogP contribution < -0.4 is 15.1 Å². The van der Waals surface area contributed by atoms with Crippen molar-refractivity contribution in [3.63, 3.8) is 0 Å². The number of rotatable bonds is 5. The third-order valence-corrected chi connectivity index (χ3v) is 7.51. The number of hydrogen-bond donors (Lipinski definition) is 2. The van der Waals surface area contributed by atoms with Crippen molar-refractivity contribution in [1.29, 1.82) is 0 Å². The van der Waals surface area contributed by atoms with Gasteiger partial charge in [0.1, 0.15) is 11.6 Å². The number of carbonyl (C=O) groups excluding carboxylic acids is 1. The van der Waals surface area contributed by atoms with Gasteiger partial charge in [0.2, 0.25) is 0 Å². The zero-order valence-corrected chi connectivity index (χ0v) is 21.5. The number of carbonyl (C=O) groups is 1. The summed E-state index contributed by atoms with van der Waals surface area (Å²) >= 11 is 0. The molecule has 11 heteroatoms. The first-order valence-corrected chi connectivity index (χ1v) is 13.2. The van der Waals surface area contributed by atoms with Gasteiger partial charge >= 0.3 is 12.2 Å². The van der Waals surface area contributed by atoms with Crippen molar-refractivity contribution in [2.24, 2.45) is 5.92 Å². The lowest BCUT2D eigenvalue weighted by molar-refractivity contribution is -0.143. The van der Waals surface area contributed by atoms with Crippen LogP contribution in [0, 0.1) is 12.8 Å². The largest absolute Gasteiger partial charge is 0.391 e. The number of β-amino-alcohol motifs (C(OH)–C–C–N with tert-alkyl or cyclic N) is 1. The molecule has 3 aliphatic rings. The molecule has 8 nitrogen and oxygen atoms in total. The standard InChI is InChI=1S/C27H34F3N5O3/c1-18-2-3-21(31-26(37)35-6-4-19(16-35)15-27(28,29)30)14-23(18)20-12-24(33-8-10-38-11-9-33)32-25(13-20)34-7-5-22(36)17-34/h2-3,12-14,19,22,36H,4-11,15-17H2,1H3,(H,31,37)/t19-,22+/m0/s1. The van der Waals surface area contributed by atoms with Gasteiger partial charge in [-0.3, -0.25) is 0 Å². The molecule has 0 radical (unpaired) electrons. The van der Waals surface area contributed by atoms with E-state index in [1.165, 1.54) is 4.90 Å². The van der Waals surface area contributed by atoms with E-state index >= 15 is 0 Å². The molecule has 3 saturated heterocycles. The van der Waals surface area contributed by atoms with Crippen molar-refractivity contribution in [3.8, 4) is 11.1 Å². The predicted molar refractivity (Wildman–Crippen MR) is 140 cm³/mol. The Morgan fingerprint density at radius 1 is 1.05 bits per heavy atom. The minimum absolute atomic E-state index is 0.0996. The number of pyridine rings is 1. The van der Waals surface area contributed by atoms with Crippen LogP contribution in [0.3, 0.4) is 0 Å². The second-order valence-corrected chi connectivity index (χ2v) is 10.4. The average Bonchev–Trinajstić information content (AvgIpc) is 3.53. The minimum Gasteiger partial charge on any atom is -0.391 e. The van der Waals surface area contributed by atoms with Crippen molar-refractivity contribution in [2.75, 3.05) is 67.6 Å². The number of nitrogens with zero attached hydrogens (tertiary/aromatic N) is 4. The highest BCUT2D eigenvalue weighted by atomic mass is 19.4. The quantitative estimate of drug-likeness (QED) is 0.598. The van der Waals surface area contributed by atoms with Gasteiger partial charge in [0.05, 0.1) is 19.3 Å². The Balaban J connectivity index is 1.38. The van der Waals surface area contributed by atoms with Gasteiger partial charge in [-0.1, -0.05) is 6.07 Å². The van der Waals surface area contributed by atoms with Gasteiger partial charge in [-0.05, 0) is 66.6 Å². The van der Waals surface area contributed by atoms with Gasteiger partial charge in [-0.15, -0.1) is 0 Å². The molecule has 1 aromatic carbocycles. The number of nitrogens with one attached hydrogen (secondary N) is 1. The zero-order valence-electron chi connectivity index (χ0n) is 21.5. The molecular weight excluding hydrogens is 499 g/mol. The maximum absolute atomic E-state index is 12.9. The van der Waals surface area contributed by atoms with Crippen LogP contribution in [-0.4, -0.2) is 85.8 Å². The molecule has 1 aromatic heterocycles. The van der Waals surface area contributed by atoms with Crippen LogP contribution in [0.1, 0.15) is 24.8 Å². The molecule has 2 atom stereocenters. The molecule has 3 aliphatic heterocycles. The Morgan fingerprint density at radius 2 is 1.79 bits per heavy atom. The van der Waals surface area contributed by atoms with Crippen molar-refractivity contribution >= 4 is 23.4 Å². The third kappa shape index (κ3) is 6.32. The molecule has 5 rings (SSSR count). The van der Waals surface area contributed by atoms with E-state index in [9.17, 15) is 23.1 Å². The number of ether oxygens (including phenoxy) is 1. The highest BCUT2D eigenvalue weighted by Gasteiger charge is 2.36. The van der Waals surface area contributed by atoms with E-state index in [1.54, 1.807) is 0 Å². The number of hydrogen-bond acceptors (Lipinski definition) is 6. The van der Waals surface area contributed by atoms with Crippen molar-refractivity contribution in [2.45, 2.75) is 38.5 Å².